The maximum Gasteiger partial charge on any atom is 0.266 e. The maximum atomic E-state index is 14.7. The van der Waals surface area contributed by atoms with Crippen LogP contribution in [0.15, 0.2) is 47.0 Å². The molecule has 1 N–H and O–H groups in total. The number of nitrogens with zero attached hydrogens (tertiary/aromatic N) is 2. The topological polar surface area (TPSA) is 72.8 Å². The second kappa shape index (κ2) is 10.3. The summed E-state index contributed by atoms with van der Waals surface area (Å²) in [6.45, 7) is 1.71. The minimum Gasteiger partial charge on any atom is -0.493 e. The summed E-state index contributed by atoms with van der Waals surface area (Å²) >= 11 is 0. The molecule has 0 saturated carbocycles. The molecular weight excluding hydrogens is 479 g/mol. The number of nitrogens with one attached hydrogen (secondary N) is 1. The Bertz CT molecular complexity index is 1330. The highest BCUT2D eigenvalue weighted by atomic mass is 32.2. The van der Waals surface area contributed by atoms with Crippen LogP contribution in [0.3, 0.4) is 0 Å². The van der Waals surface area contributed by atoms with Gasteiger partial charge in [-0.2, -0.15) is 0 Å². The molecule has 35 heavy (non-hydrogen) atoms. The lowest BCUT2D eigenvalue weighted by atomic mass is 10.0. The number of fused-ring (bicyclic) bond motifs is 1. The summed E-state index contributed by atoms with van der Waals surface area (Å²) in [5, 5.41) is 3.93. The fourth-order valence-electron chi connectivity index (χ4n) is 4.27. The third kappa shape index (κ3) is 5.32. The number of aromatic nitrogens is 1. The third-order valence-corrected chi connectivity index (χ3v) is 8.72. The van der Waals surface area contributed by atoms with Gasteiger partial charge in [0.2, 0.25) is 0 Å². The van der Waals surface area contributed by atoms with Crippen molar-refractivity contribution in [3.8, 4) is 11.5 Å². The summed E-state index contributed by atoms with van der Waals surface area (Å²) in [5.41, 5.74) is 0.797. The molecule has 3 aromatic rings. The first kappa shape index (κ1) is 25.1. The molecule has 0 amide bonds. The van der Waals surface area contributed by atoms with Crippen molar-refractivity contribution in [2.24, 2.45) is 4.36 Å². The Labute approximate surface area is 203 Å². The number of ether oxygens (including phenoxy) is 2. The van der Waals surface area contributed by atoms with E-state index in [2.05, 4.69) is 14.7 Å². The number of methoxy groups -OCH3 is 1. The lowest BCUT2D eigenvalue weighted by molar-refractivity contribution is 0.146. The molecule has 6 nitrogen and oxygen atoms in total. The molecule has 2 aromatic carbocycles. The van der Waals surface area contributed by atoms with E-state index in [-0.39, 0.29) is 11.7 Å². The molecule has 0 bridgehead atoms. The fraction of sp³-hybridized carbons (Fsp3) is 0.400. The average Bonchev–Trinajstić information content (AvgIpc) is 2.85. The molecule has 0 radical (unpaired) electrons. The number of halogens is 3. The van der Waals surface area contributed by atoms with Gasteiger partial charge >= 0.3 is 0 Å². The minimum atomic E-state index is -2.89. The lowest BCUT2D eigenvalue weighted by Gasteiger charge is -2.26. The van der Waals surface area contributed by atoms with E-state index in [0.29, 0.717) is 52.4 Å². The predicted molar refractivity (Wildman–Crippen MR) is 132 cm³/mol. The molecule has 4 rings (SSSR count). The summed E-state index contributed by atoms with van der Waals surface area (Å²) in [5.74, 6) is 1.08. The number of anilines is 1. The molecule has 10 heteroatoms. The highest BCUT2D eigenvalue weighted by Crippen LogP contribution is 2.37. The molecule has 1 aromatic heterocycles. The standard InChI is InChI=1S/C25H28F3N3O3S/c1-15(17-5-4-6-18(24(17)26)25(27)28)31-20-7-10-30-21-14-22(33-3)23(13-19(20)21)34-16-8-11-35(32,29-2)12-9-16/h4-7,10,13-16,25H,8-9,11-12H2,1-3H3,(H,30,31)/t15-,16?,35?/m1/s1. The van der Waals surface area contributed by atoms with Gasteiger partial charge in [-0.3, -0.25) is 4.98 Å². The molecule has 0 spiro atoms. The van der Waals surface area contributed by atoms with Crippen molar-refractivity contribution >= 4 is 26.3 Å². The Morgan fingerprint density at radius 1 is 1.14 bits per heavy atom. The zero-order valence-electron chi connectivity index (χ0n) is 19.8. The van der Waals surface area contributed by atoms with Crippen molar-refractivity contribution < 1.29 is 26.9 Å². The van der Waals surface area contributed by atoms with Gasteiger partial charge in [0.1, 0.15) is 11.9 Å². The smallest absolute Gasteiger partial charge is 0.266 e. The average molecular weight is 508 g/mol. The van der Waals surface area contributed by atoms with E-state index in [4.69, 9.17) is 9.47 Å². The predicted octanol–water partition coefficient (Wildman–Crippen LogP) is 6.13. The number of benzene rings is 2. The van der Waals surface area contributed by atoms with E-state index in [1.807, 2.05) is 0 Å². The van der Waals surface area contributed by atoms with Crippen LogP contribution in [0.5, 0.6) is 11.5 Å². The summed E-state index contributed by atoms with van der Waals surface area (Å²) in [6.07, 6.45) is -0.181. The summed E-state index contributed by atoms with van der Waals surface area (Å²) < 4.78 is 69.3. The van der Waals surface area contributed by atoms with E-state index < -0.39 is 33.6 Å². The molecule has 1 aliphatic heterocycles. The first-order chi connectivity index (χ1) is 16.7. The van der Waals surface area contributed by atoms with Crippen LogP contribution in [0.4, 0.5) is 18.9 Å². The minimum absolute atomic E-state index is 0.129. The van der Waals surface area contributed by atoms with Crippen molar-refractivity contribution in [1.82, 2.24) is 4.98 Å². The van der Waals surface area contributed by atoms with Crippen LogP contribution in [-0.2, 0) is 9.73 Å². The number of alkyl halides is 2. The van der Waals surface area contributed by atoms with E-state index in [9.17, 15) is 17.4 Å². The second-order valence-corrected chi connectivity index (χ2v) is 11.2. The van der Waals surface area contributed by atoms with Crippen molar-refractivity contribution in [2.45, 2.75) is 38.3 Å². The van der Waals surface area contributed by atoms with Gasteiger partial charge in [0.15, 0.2) is 11.5 Å². The Balaban J connectivity index is 1.64. The van der Waals surface area contributed by atoms with Crippen LogP contribution in [0.25, 0.3) is 10.9 Å². The summed E-state index contributed by atoms with van der Waals surface area (Å²) in [6, 6.07) is 8.71. The fourth-order valence-corrected chi connectivity index (χ4v) is 6.10. The number of hydrogen-bond acceptors (Lipinski definition) is 6. The van der Waals surface area contributed by atoms with Crippen LogP contribution >= 0.6 is 0 Å². The number of hydrogen-bond donors (Lipinski definition) is 1. The Morgan fingerprint density at radius 2 is 1.86 bits per heavy atom. The molecule has 0 unspecified atom stereocenters. The van der Waals surface area contributed by atoms with Crippen molar-refractivity contribution in [1.29, 1.82) is 0 Å². The second-order valence-electron chi connectivity index (χ2n) is 8.48. The molecule has 2 heterocycles. The van der Waals surface area contributed by atoms with Gasteiger partial charge in [-0.05, 0) is 31.9 Å². The zero-order chi connectivity index (χ0) is 25.2. The van der Waals surface area contributed by atoms with Gasteiger partial charge < -0.3 is 14.8 Å². The zero-order valence-corrected chi connectivity index (χ0v) is 20.6. The Hall–Kier alpha value is -3.01. The molecule has 1 saturated heterocycles. The van der Waals surface area contributed by atoms with Crippen molar-refractivity contribution in [2.75, 3.05) is 31.0 Å². The largest absolute Gasteiger partial charge is 0.493 e. The lowest BCUT2D eigenvalue weighted by Crippen LogP contribution is -2.30. The first-order valence-electron chi connectivity index (χ1n) is 11.3. The van der Waals surface area contributed by atoms with Gasteiger partial charge in [0, 0.05) is 57.2 Å². The maximum absolute atomic E-state index is 14.7. The van der Waals surface area contributed by atoms with E-state index >= 15 is 0 Å². The van der Waals surface area contributed by atoms with Crippen molar-refractivity contribution in [3.63, 3.8) is 0 Å². The van der Waals surface area contributed by atoms with Crippen LogP contribution in [0.1, 0.15) is 43.4 Å². The van der Waals surface area contributed by atoms with Gasteiger partial charge in [-0.25, -0.2) is 21.7 Å². The summed E-state index contributed by atoms with van der Waals surface area (Å²) in [7, 11) is 0.987. The van der Waals surface area contributed by atoms with Crippen LogP contribution in [0.2, 0.25) is 0 Å². The molecule has 1 atom stereocenters. The van der Waals surface area contributed by atoms with E-state index in [0.717, 1.165) is 6.07 Å². The number of rotatable bonds is 7. The molecule has 1 fully saturated rings. The Kier molecular flexibility index (Phi) is 7.39. The molecular formula is C25H28F3N3O3S. The normalized spacial score (nSPS) is 21.1. The van der Waals surface area contributed by atoms with Crippen LogP contribution < -0.4 is 14.8 Å². The first-order valence-corrected chi connectivity index (χ1v) is 13.2. The van der Waals surface area contributed by atoms with E-state index in [1.54, 1.807) is 45.5 Å². The van der Waals surface area contributed by atoms with Crippen LogP contribution in [0, 0.1) is 5.82 Å². The Morgan fingerprint density at radius 3 is 2.51 bits per heavy atom. The van der Waals surface area contributed by atoms with E-state index in [1.165, 1.54) is 12.1 Å². The van der Waals surface area contributed by atoms with Gasteiger partial charge in [-0.1, -0.05) is 18.2 Å². The van der Waals surface area contributed by atoms with Gasteiger partial charge in [0.05, 0.1) is 24.2 Å². The molecule has 188 valence electrons. The highest BCUT2D eigenvalue weighted by molar-refractivity contribution is 7.93. The SMILES string of the molecule is CN=S1(=O)CCC(Oc2cc3c(N[C@H](C)c4cccc(C(F)F)c4F)ccnc3cc2OC)CC1. The highest BCUT2D eigenvalue weighted by Gasteiger charge is 2.25. The molecule has 1 aliphatic rings. The quantitative estimate of drug-likeness (QED) is 0.416. The van der Waals surface area contributed by atoms with Gasteiger partial charge in [0.25, 0.3) is 6.43 Å². The van der Waals surface area contributed by atoms with Gasteiger partial charge in [-0.15, -0.1) is 0 Å². The van der Waals surface area contributed by atoms with Crippen molar-refractivity contribution in [3.05, 3.63) is 59.5 Å². The van der Waals surface area contributed by atoms with Crippen LogP contribution in [-0.4, -0.2) is 41.0 Å². The third-order valence-electron chi connectivity index (χ3n) is 6.30. The number of pyridine rings is 1. The molecule has 0 aliphatic carbocycles. The monoisotopic (exact) mass is 507 g/mol. The summed E-state index contributed by atoms with van der Waals surface area (Å²) in [4.78, 5) is 4.40.